The monoisotopic (exact) mass is 510 g/mol. The Balaban J connectivity index is 1.50. The number of nitrogens with two attached hydrogens (primary N) is 1. The van der Waals surface area contributed by atoms with Gasteiger partial charge in [0.1, 0.15) is 23.9 Å². The second-order valence-electron chi connectivity index (χ2n) is 7.99. The van der Waals surface area contributed by atoms with Crippen molar-refractivity contribution in [2.75, 3.05) is 0 Å². The Bertz CT molecular complexity index is 1330. The standard InChI is InChI=1S/C26H21F3N4O4/c27-26(28,29)24(18-7-9-19(10-8-18)36-20-2-1-11-31-14-20)37-23-13-22(32-15-33-23)17-5-3-16(4-6-17)12-21(30)25(34)35/h1-11,13-15,21,24H,12,30H2,(H,34,35)/t21-,24?/m0/s1. The van der Waals surface area contributed by atoms with Crippen LogP contribution in [0, 0.1) is 0 Å². The van der Waals surface area contributed by atoms with E-state index in [0.717, 1.165) is 6.33 Å². The predicted octanol–water partition coefficient (Wildman–Crippen LogP) is 4.97. The zero-order valence-electron chi connectivity index (χ0n) is 19.2. The van der Waals surface area contributed by atoms with Gasteiger partial charge in [-0.1, -0.05) is 36.4 Å². The molecule has 2 heterocycles. The highest BCUT2D eigenvalue weighted by Gasteiger charge is 2.43. The molecule has 1 unspecified atom stereocenters. The van der Waals surface area contributed by atoms with Crippen LogP contribution in [0.25, 0.3) is 11.3 Å². The number of carboxylic acids is 1. The molecule has 0 fully saturated rings. The molecule has 0 aliphatic carbocycles. The van der Waals surface area contributed by atoms with Crippen LogP contribution in [0.4, 0.5) is 13.2 Å². The minimum atomic E-state index is -4.72. The summed E-state index contributed by atoms with van der Waals surface area (Å²) in [6, 6.07) is 15.7. The fourth-order valence-electron chi connectivity index (χ4n) is 3.41. The summed E-state index contributed by atoms with van der Waals surface area (Å²) >= 11 is 0. The SMILES string of the molecule is N[C@@H](Cc1ccc(-c2cc(OC(c3ccc(Oc4cccnc4)cc3)C(F)(F)F)ncn2)cc1)C(=O)O. The Kier molecular flexibility index (Phi) is 7.63. The van der Waals surface area contributed by atoms with Crippen molar-refractivity contribution in [3.05, 3.63) is 96.6 Å². The van der Waals surface area contributed by atoms with Gasteiger partial charge in [0.2, 0.25) is 12.0 Å². The van der Waals surface area contributed by atoms with E-state index < -0.39 is 24.3 Å². The van der Waals surface area contributed by atoms with Gasteiger partial charge in [0.05, 0.1) is 11.9 Å². The van der Waals surface area contributed by atoms with Crippen molar-refractivity contribution >= 4 is 5.97 Å². The third-order valence-electron chi connectivity index (χ3n) is 5.25. The predicted molar refractivity (Wildman–Crippen MR) is 127 cm³/mol. The lowest BCUT2D eigenvalue weighted by Gasteiger charge is -2.22. The largest absolute Gasteiger partial charge is 0.480 e. The van der Waals surface area contributed by atoms with Crippen molar-refractivity contribution in [1.29, 1.82) is 0 Å². The van der Waals surface area contributed by atoms with Gasteiger partial charge >= 0.3 is 12.1 Å². The number of carboxylic acid groups (broad SMARTS) is 1. The number of nitrogens with zero attached hydrogens (tertiary/aromatic N) is 3. The van der Waals surface area contributed by atoms with E-state index >= 15 is 0 Å². The number of benzene rings is 2. The summed E-state index contributed by atoms with van der Waals surface area (Å²) < 4.78 is 52.6. The molecule has 11 heteroatoms. The van der Waals surface area contributed by atoms with Crippen LogP contribution in [-0.4, -0.2) is 38.2 Å². The molecule has 0 amide bonds. The third-order valence-corrected chi connectivity index (χ3v) is 5.25. The van der Waals surface area contributed by atoms with Crippen molar-refractivity contribution in [3.8, 4) is 28.6 Å². The number of aromatic nitrogens is 3. The van der Waals surface area contributed by atoms with Crippen LogP contribution in [-0.2, 0) is 11.2 Å². The summed E-state index contributed by atoms with van der Waals surface area (Å²) in [4.78, 5) is 22.8. The average Bonchev–Trinajstić information content (AvgIpc) is 2.88. The van der Waals surface area contributed by atoms with Crippen molar-refractivity contribution < 1.29 is 32.5 Å². The second kappa shape index (κ2) is 11.0. The third kappa shape index (κ3) is 6.79. The van der Waals surface area contributed by atoms with Crippen LogP contribution < -0.4 is 15.2 Å². The van der Waals surface area contributed by atoms with Crippen molar-refractivity contribution in [2.24, 2.45) is 5.73 Å². The highest BCUT2D eigenvalue weighted by molar-refractivity contribution is 5.73. The van der Waals surface area contributed by atoms with Crippen LogP contribution in [0.15, 0.2) is 85.5 Å². The van der Waals surface area contributed by atoms with Crippen molar-refractivity contribution in [3.63, 3.8) is 0 Å². The highest BCUT2D eigenvalue weighted by atomic mass is 19.4. The Morgan fingerprint density at radius 1 is 1.00 bits per heavy atom. The highest BCUT2D eigenvalue weighted by Crippen LogP contribution is 2.37. The Hall–Kier alpha value is -4.51. The molecule has 2 aromatic heterocycles. The summed E-state index contributed by atoms with van der Waals surface area (Å²) in [5.41, 5.74) is 7.03. The maximum atomic E-state index is 13.9. The van der Waals surface area contributed by atoms with Crippen LogP contribution in [0.3, 0.4) is 0 Å². The first kappa shape index (κ1) is 25.6. The summed E-state index contributed by atoms with van der Waals surface area (Å²) in [5.74, 6) is -0.587. The number of hydrogen-bond donors (Lipinski definition) is 2. The van der Waals surface area contributed by atoms with E-state index in [0.29, 0.717) is 28.3 Å². The van der Waals surface area contributed by atoms with Crippen LogP contribution >= 0.6 is 0 Å². The Labute approximate surface area is 209 Å². The molecule has 0 spiro atoms. The molecular weight excluding hydrogens is 489 g/mol. The summed E-state index contributed by atoms with van der Waals surface area (Å²) in [7, 11) is 0. The molecule has 0 saturated carbocycles. The quantitative estimate of drug-likeness (QED) is 0.324. The lowest BCUT2D eigenvalue weighted by molar-refractivity contribution is -0.198. The average molecular weight is 510 g/mol. The fourth-order valence-corrected chi connectivity index (χ4v) is 3.41. The molecule has 0 bridgehead atoms. The zero-order valence-corrected chi connectivity index (χ0v) is 19.2. The molecule has 4 rings (SSSR count). The molecule has 37 heavy (non-hydrogen) atoms. The number of carbonyl (C=O) groups is 1. The minimum Gasteiger partial charge on any atom is -0.480 e. The van der Waals surface area contributed by atoms with E-state index in [2.05, 4.69) is 15.0 Å². The van der Waals surface area contributed by atoms with Gasteiger partial charge in [0.15, 0.2) is 0 Å². The Morgan fingerprint density at radius 3 is 2.35 bits per heavy atom. The van der Waals surface area contributed by atoms with E-state index in [1.165, 1.54) is 36.5 Å². The first-order valence-corrected chi connectivity index (χ1v) is 11.0. The van der Waals surface area contributed by atoms with Gasteiger partial charge in [0, 0.05) is 23.4 Å². The molecule has 3 N–H and O–H groups in total. The van der Waals surface area contributed by atoms with Gasteiger partial charge in [-0.2, -0.15) is 13.2 Å². The van der Waals surface area contributed by atoms with Gasteiger partial charge in [-0.3, -0.25) is 9.78 Å². The smallest absolute Gasteiger partial charge is 0.429 e. The number of pyridine rings is 1. The second-order valence-corrected chi connectivity index (χ2v) is 7.99. The van der Waals surface area contributed by atoms with E-state index in [4.69, 9.17) is 20.3 Å². The van der Waals surface area contributed by atoms with E-state index in [9.17, 15) is 18.0 Å². The zero-order chi connectivity index (χ0) is 26.4. The number of rotatable bonds is 9. The summed E-state index contributed by atoms with van der Waals surface area (Å²) in [6.07, 6.45) is -2.69. The number of aliphatic carboxylic acids is 1. The van der Waals surface area contributed by atoms with E-state index in [-0.39, 0.29) is 17.9 Å². The molecule has 190 valence electrons. The minimum absolute atomic E-state index is 0.132. The number of halogens is 3. The lowest BCUT2D eigenvalue weighted by atomic mass is 10.0. The molecule has 0 saturated heterocycles. The van der Waals surface area contributed by atoms with Crippen LogP contribution in [0.5, 0.6) is 17.4 Å². The van der Waals surface area contributed by atoms with E-state index in [1.807, 2.05) is 0 Å². The normalized spacial score (nSPS) is 13.0. The topological polar surface area (TPSA) is 120 Å². The van der Waals surface area contributed by atoms with Crippen molar-refractivity contribution in [2.45, 2.75) is 24.7 Å². The number of hydrogen-bond acceptors (Lipinski definition) is 7. The summed E-state index contributed by atoms with van der Waals surface area (Å²) in [5, 5.41) is 8.95. The van der Waals surface area contributed by atoms with Crippen molar-refractivity contribution in [1.82, 2.24) is 15.0 Å². The molecule has 0 aliphatic rings. The summed E-state index contributed by atoms with van der Waals surface area (Å²) in [6.45, 7) is 0. The molecule has 0 radical (unpaired) electrons. The van der Waals surface area contributed by atoms with Gasteiger partial charge in [0.25, 0.3) is 0 Å². The fraction of sp³-hybridized carbons (Fsp3) is 0.154. The molecule has 2 aromatic carbocycles. The van der Waals surface area contributed by atoms with Gasteiger partial charge in [-0.25, -0.2) is 9.97 Å². The van der Waals surface area contributed by atoms with Gasteiger partial charge < -0.3 is 20.3 Å². The first-order valence-electron chi connectivity index (χ1n) is 11.0. The maximum absolute atomic E-state index is 13.9. The first-order chi connectivity index (χ1) is 17.7. The van der Waals surface area contributed by atoms with Crippen LogP contribution in [0.1, 0.15) is 17.2 Å². The lowest BCUT2D eigenvalue weighted by Crippen LogP contribution is -2.32. The maximum Gasteiger partial charge on any atom is 0.429 e. The molecule has 0 aliphatic heterocycles. The molecule has 2 atom stereocenters. The van der Waals surface area contributed by atoms with Gasteiger partial charge in [-0.05, 0) is 36.2 Å². The molecular formula is C26H21F3N4O4. The van der Waals surface area contributed by atoms with Gasteiger partial charge in [-0.15, -0.1) is 0 Å². The Morgan fingerprint density at radius 2 is 1.73 bits per heavy atom. The molecule has 8 nitrogen and oxygen atoms in total. The number of ether oxygens (including phenoxy) is 2. The van der Waals surface area contributed by atoms with E-state index in [1.54, 1.807) is 42.6 Å². The van der Waals surface area contributed by atoms with Crippen LogP contribution in [0.2, 0.25) is 0 Å². The number of alkyl halides is 3. The molecule has 4 aromatic rings.